The number of pyridine rings is 1. The van der Waals surface area contributed by atoms with Crippen molar-refractivity contribution < 1.29 is 8.42 Å². The van der Waals surface area contributed by atoms with Gasteiger partial charge < -0.3 is 4.57 Å². The number of hydrogen-bond donors (Lipinski definition) is 0. The van der Waals surface area contributed by atoms with Crippen LogP contribution in [0.2, 0.25) is 0 Å². The van der Waals surface area contributed by atoms with Gasteiger partial charge in [0.25, 0.3) is 0 Å². The normalized spacial score (nSPS) is 12.1. The number of rotatable bonds is 8. The highest BCUT2D eigenvalue weighted by Gasteiger charge is 2.19. The molecule has 0 amide bonds. The van der Waals surface area contributed by atoms with Crippen LogP contribution >= 0.6 is 11.8 Å². The third kappa shape index (κ3) is 4.34. The summed E-state index contributed by atoms with van der Waals surface area (Å²) in [4.78, 5) is 9.16. The smallest absolute Gasteiger partial charge is 0.242 e. The maximum Gasteiger partial charge on any atom is 0.242 e. The summed E-state index contributed by atoms with van der Waals surface area (Å²) >= 11 is 1.65. The molecule has 8 heteroatoms. The van der Waals surface area contributed by atoms with E-state index in [0.717, 1.165) is 41.4 Å². The first-order valence-electron chi connectivity index (χ1n) is 8.88. The van der Waals surface area contributed by atoms with Crippen molar-refractivity contribution in [2.45, 2.75) is 42.1 Å². The van der Waals surface area contributed by atoms with Crippen molar-refractivity contribution >= 4 is 32.8 Å². The number of nitrogens with zero attached hydrogens (tertiary/aromatic N) is 4. The van der Waals surface area contributed by atoms with Crippen molar-refractivity contribution in [3.63, 3.8) is 0 Å². The number of fused-ring (bicyclic) bond motifs is 1. The van der Waals surface area contributed by atoms with Crippen LogP contribution in [0.3, 0.4) is 0 Å². The third-order valence-electron chi connectivity index (χ3n) is 4.29. The number of thioether (sulfide) groups is 1. The van der Waals surface area contributed by atoms with E-state index in [1.54, 1.807) is 30.1 Å². The minimum atomic E-state index is -3.48. The van der Waals surface area contributed by atoms with Crippen LogP contribution in [-0.4, -0.2) is 41.4 Å². The standard InChI is InChI=1S/C19H24N4O2S2/c1-4-5-11-23-18-9-8-16(27(24,25)22(2)3)12-17(18)21-19(23)26-14-15-7-6-10-20-13-15/h6-10,12-13H,4-5,11,14H2,1-3H3. The molecule has 2 heterocycles. The number of hydrogen-bond acceptors (Lipinski definition) is 5. The SMILES string of the molecule is CCCCn1c(SCc2cccnc2)nc2cc(S(=O)(=O)N(C)C)ccc21. The number of benzene rings is 1. The van der Waals surface area contributed by atoms with E-state index in [-0.39, 0.29) is 4.90 Å². The molecule has 144 valence electrons. The molecular formula is C19H24N4O2S2. The Morgan fingerprint density at radius 2 is 2.04 bits per heavy atom. The van der Waals surface area contributed by atoms with Gasteiger partial charge in [-0.1, -0.05) is 31.2 Å². The zero-order valence-electron chi connectivity index (χ0n) is 15.8. The molecule has 0 aliphatic carbocycles. The fourth-order valence-corrected chi connectivity index (χ4v) is 4.63. The number of imidazole rings is 1. The minimum Gasteiger partial charge on any atom is -0.319 e. The van der Waals surface area contributed by atoms with Crippen molar-refractivity contribution in [2.24, 2.45) is 0 Å². The highest BCUT2D eigenvalue weighted by molar-refractivity contribution is 7.98. The van der Waals surface area contributed by atoms with Gasteiger partial charge in [0.15, 0.2) is 5.16 Å². The predicted molar refractivity (Wildman–Crippen MR) is 109 cm³/mol. The Labute approximate surface area is 164 Å². The highest BCUT2D eigenvalue weighted by atomic mass is 32.2. The van der Waals surface area contributed by atoms with Crippen molar-refractivity contribution in [1.29, 1.82) is 0 Å². The van der Waals surface area contributed by atoms with E-state index in [0.29, 0.717) is 5.52 Å². The Kier molecular flexibility index (Phi) is 6.18. The number of aromatic nitrogens is 3. The molecule has 0 bridgehead atoms. The van der Waals surface area contributed by atoms with Crippen LogP contribution in [0.25, 0.3) is 11.0 Å². The average molecular weight is 405 g/mol. The Bertz CT molecular complexity index is 1010. The Hall–Kier alpha value is -1.90. The van der Waals surface area contributed by atoms with E-state index in [2.05, 4.69) is 16.5 Å². The molecule has 0 fully saturated rings. The van der Waals surface area contributed by atoms with Gasteiger partial charge in [-0.3, -0.25) is 4.98 Å². The second-order valence-corrected chi connectivity index (χ2v) is 9.58. The van der Waals surface area contributed by atoms with Gasteiger partial charge in [-0.2, -0.15) is 0 Å². The maximum absolute atomic E-state index is 12.4. The fourth-order valence-electron chi connectivity index (χ4n) is 2.73. The van der Waals surface area contributed by atoms with E-state index in [1.165, 1.54) is 18.4 Å². The molecule has 0 atom stereocenters. The lowest BCUT2D eigenvalue weighted by atomic mass is 10.3. The molecule has 6 nitrogen and oxygen atoms in total. The van der Waals surface area contributed by atoms with Gasteiger partial charge in [0, 0.05) is 38.8 Å². The molecule has 27 heavy (non-hydrogen) atoms. The lowest BCUT2D eigenvalue weighted by molar-refractivity contribution is 0.521. The maximum atomic E-state index is 12.4. The molecule has 0 N–H and O–H groups in total. The molecule has 0 spiro atoms. The van der Waals surface area contributed by atoms with Crippen LogP contribution in [0.15, 0.2) is 52.8 Å². The summed E-state index contributed by atoms with van der Waals surface area (Å²) in [6.45, 7) is 3.02. The molecule has 3 aromatic rings. The molecular weight excluding hydrogens is 380 g/mol. The van der Waals surface area contributed by atoms with Crippen LogP contribution in [0, 0.1) is 0 Å². The molecule has 1 aromatic carbocycles. The fraction of sp³-hybridized carbons (Fsp3) is 0.368. The second-order valence-electron chi connectivity index (χ2n) is 6.49. The summed E-state index contributed by atoms with van der Waals surface area (Å²) in [7, 11) is -0.403. The van der Waals surface area contributed by atoms with Crippen molar-refractivity contribution in [3.05, 3.63) is 48.3 Å². The predicted octanol–water partition coefficient (Wildman–Crippen LogP) is 3.77. The molecule has 2 aromatic heterocycles. The largest absolute Gasteiger partial charge is 0.319 e. The van der Waals surface area contributed by atoms with Gasteiger partial charge in [0.05, 0.1) is 15.9 Å². The molecule has 0 aliphatic rings. The molecule has 0 aliphatic heterocycles. The van der Waals surface area contributed by atoms with Gasteiger partial charge >= 0.3 is 0 Å². The minimum absolute atomic E-state index is 0.268. The first kappa shape index (κ1) is 19.9. The van der Waals surface area contributed by atoms with Crippen LogP contribution in [0.4, 0.5) is 0 Å². The zero-order valence-corrected chi connectivity index (χ0v) is 17.4. The molecule has 0 saturated heterocycles. The van der Waals surface area contributed by atoms with E-state index >= 15 is 0 Å². The Balaban J connectivity index is 1.98. The van der Waals surface area contributed by atoms with Crippen molar-refractivity contribution in [1.82, 2.24) is 18.8 Å². The quantitative estimate of drug-likeness (QED) is 0.535. The molecule has 0 unspecified atom stereocenters. The summed E-state index contributed by atoms with van der Waals surface area (Å²) in [5.41, 5.74) is 2.81. The second kappa shape index (κ2) is 8.41. The Morgan fingerprint density at radius 1 is 1.22 bits per heavy atom. The van der Waals surface area contributed by atoms with Gasteiger partial charge in [0.1, 0.15) is 0 Å². The summed E-state index contributed by atoms with van der Waals surface area (Å²) in [5, 5.41) is 0.904. The lowest BCUT2D eigenvalue weighted by Crippen LogP contribution is -2.22. The van der Waals surface area contributed by atoms with Crippen LogP contribution in [0.5, 0.6) is 0 Å². The first-order valence-corrected chi connectivity index (χ1v) is 11.3. The number of aryl methyl sites for hydroxylation is 1. The summed E-state index contributed by atoms with van der Waals surface area (Å²) in [6.07, 6.45) is 5.74. The summed E-state index contributed by atoms with van der Waals surface area (Å²) in [5.74, 6) is 0.770. The summed E-state index contributed by atoms with van der Waals surface area (Å²) < 4.78 is 28.3. The van der Waals surface area contributed by atoms with Crippen LogP contribution in [-0.2, 0) is 22.3 Å². The molecule has 0 radical (unpaired) electrons. The molecule has 0 saturated carbocycles. The van der Waals surface area contributed by atoms with E-state index in [1.807, 2.05) is 24.4 Å². The summed E-state index contributed by atoms with van der Waals surface area (Å²) in [6, 6.07) is 9.16. The highest BCUT2D eigenvalue weighted by Crippen LogP contribution is 2.29. The average Bonchev–Trinajstić information content (AvgIpc) is 3.02. The van der Waals surface area contributed by atoms with E-state index < -0.39 is 10.0 Å². The lowest BCUT2D eigenvalue weighted by Gasteiger charge is -2.11. The van der Waals surface area contributed by atoms with Gasteiger partial charge in [-0.15, -0.1) is 0 Å². The van der Waals surface area contributed by atoms with Gasteiger partial charge in [-0.05, 0) is 36.2 Å². The van der Waals surface area contributed by atoms with Crippen molar-refractivity contribution in [3.8, 4) is 0 Å². The van der Waals surface area contributed by atoms with E-state index in [9.17, 15) is 8.42 Å². The van der Waals surface area contributed by atoms with Gasteiger partial charge in [0.2, 0.25) is 10.0 Å². The Morgan fingerprint density at radius 3 is 2.70 bits per heavy atom. The van der Waals surface area contributed by atoms with Crippen molar-refractivity contribution in [2.75, 3.05) is 14.1 Å². The molecule has 3 rings (SSSR count). The first-order chi connectivity index (χ1) is 12.9. The van der Waals surface area contributed by atoms with Crippen LogP contribution < -0.4 is 0 Å². The van der Waals surface area contributed by atoms with Gasteiger partial charge in [-0.25, -0.2) is 17.7 Å². The topological polar surface area (TPSA) is 68.1 Å². The van der Waals surface area contributed by atoms with E-state index in [4.69, 9.17) is 4.98 Å². The zero-order chi connectivity index (χ0) is 19.4. The third-order valence-corrected chi connectivity index (χ3v) is 7.15. The van der Waals surface area contributed by atoms with Crippen LogP contribution in [0.1, 0.15) is 25.3 Å². The number of unbranched alkanes of at least 4 members (excludes halogenated alkanes) is 1. The number of sulfonamides is 1. The monoisotopic (exact) mass is 404 g/mol.